The summed E-state index contributed by atoms with van der Waals surface area (Å²) < 4.78 is 1.80. The molecule has 3 rings (SSSR count). The summed E-state index contributed by atoms with van der Waals surface area (Å²) in [6, 6.07) is 3.38. The van der Waals surface area contributed by atoms with Gasteiger partial charge in [-0.15, -0.1) is 0 Å². The van der Waals surface area contributed by atoms with Crippen molar-refractivity contribution in [2.75, 3.05) is 11.4 Å². The fourth-order valence-electron chi connectivity index (χ4n) is 2.47. The molecule has 2 aromatic rings. The second-order valence-corrected chi connectivity index (χ2v) is 5.34. The number of rotatable bonds is 4. The smallest absolute Gasteiger partial charge is 0.300 e. The summed E-state index contributed by atoms with van der Waals surface area (Å²) in [5, 5.41) is 2.30. The van der Waals surface area contributed by atoms with Gasteiger partial charge < -0.3 is 4.79 Å². The van der Waals surface area contributed by atoms with Crippen LogP contribution in [0.15, 0.2) is 24.5 Å². The number of nitrogens with zero attached hydrogens (tertiary/aromatic N) is 3. The van der Waals surface area contributed by atoms with E-state index in [4.69, 9.17) is 0 Å². The van der Waals surface area contributed by atoms with Gasteiger partial charge in [0.1, 0.15) is 17.2 Å². The first-order valence-corrected chi connectivity index (χ1v) is 7.11. The second-order valence-electron chi connectivity index (χ2n) is 5.34. The number of amides is 3. The molecule has 3 amide bonds. The quantitative estimate of drug-likeness (QED) is 0.922. The van der Waals surface area contributed by atoms with Crippen LogP contribution in [-0.4, -0.2) is 33.7 Å². The number of hydrogen-bond donors (Lipinski definition) is 1. The van der Waals surface area contributed by atoms with E-state index in [9.17, 15) is 14.4 Å². The van der Waals surface area contributed by atoms with E-state index in [1.54, 1.807) is 17.5 Å². The number of imide groups is 1. The highest BCUT2D eigenvalue weighted by molar-refractivity contribution is 6.05. The van der Waals surface area contributed by atoms with Gasteiger partial charge in [0.05, 0.1) is 6.20 Å². The average Bonchev–Trinajstić information content (AvgIpc) is 2.88. The lowest BCUT2D eigenvalue weighted by Gasteiger charge is -2.25. The van der Waals surface area contributed by atoms with Crippen LogP contribution in [0.4, 0.5) is 10.6 Å². The molecular formula is C15H16N4O3. The van der Waals surface area contributed by atoms with Crippen molar-refractivity contribution in [2.45, 2.75) is 26.2 Å². The van der Waals surface area contributed by atoms with Crippen molar-refractivity contribution in [2.24, 2.45) is 0 Å². The van der Waals surface area contributed by atoms with E-state index in [1.165, 1.54) is 4.90 Å². The molecule has 1 saturated heterocycles. The Morgan fingerprint density at radius 3 is 2.95 bits per heavy atom. The molecule has 2 aromatic heterocycles. The zero-order valence-electron chi connectivity index (χ0n) is 12.2. The predicted molar refractivity (Wildman–Crippen MR) is 79.7 cm³/mol. The average molecular weight is 300 g/mol. The van der Waals surface area contributed by atoms with Crippen LogP contribution in [0.3, 0.4) is 0 Å². The minimum absolute atomic E-state index is 0.151. The molecule has 0 atom stereocenters. The Bertz CT molecular complexity index is 765. The Morgan fingerprint density at radius 1 is 1.41 bits per heavy atom. The molecule has 3 heterocycles. The molecule has 22 heavy (non-hydrogen) atoms. The monoisotopic (exact) mass is 300 g/mol. The second kappa shape index (κ2) is 5.59. The Labute approximate surface area is 126 Å². The van der Waals surface area contributed by atoms with Gasteiger partial charge in [-0.25, -0.2) is 9.78 Å². The molecule has 0 radical (unpaired) electrons. The van der Waals surface area contributed by atoms with Gasteiger partial charge in [0.2, 0.25) is 5.91 Å². The molecule has 114 valence electrons. The van der Waals surface area contributed by atoms with E-state index in [1.807, 2.05) is 18.3 Å². The van der Waals surface area contributed by atoms with Gasteiger partial charge in [0.15, 0.2) is 0 Å². The lowest BCUT2D eigenvalue weighted by molar-refractivity contribution is -0.120. The molecule has 0 bridgehead atoms. The maximum Gasteiger partial charge on any atom is 0.329 e. The van der Waals surface area contributed by atoms with Crippen molar-refractivity contribution in [3.05, 3.63) is 30.1 Å². The number of urea groups is 1. The van der Waals surface area contributed by atoms with Gasteiger partial charge in [0.25, 0.3) is 0 Å². The molecule has 0 unspecified atom stereocenters. The maximum absolute atomic E-state index is 11.9. The van der Waals surface area contributed by atoms with E-state index in [0.29, 0.717) is 30.9 Å². The number of pyridine rings is 1. The summed E-state index contributed by atoms with van der Waals surface area (Å²) in [6.07, 6.45) is 4.89. The third-order valence-electron chi connectivity index (χ3n) is 3.65. The number of Topliss-reactive ketones (excluding diaryl/α,β-unsaturated/α-hetero) is 1. The van der Waals surface area contributed by atoms with Gasteiger partial charge in [-0.1, -0.05) is 0 Å². The third-order valence-corrected chi connectivity index (χ3v) is 3.65. The first-order chi connectivity index (χ1) is 10.5. The third kappa shape index (κ3) is 2.69. The van der Waals surface area contributed by atoms with E-state index < -0.39 is 6.03 Å². The van der Waals surface area contributed by atoms with Gasteiger partial charge in [0, 0.05) is 25.6 Å². The number of fused-ring (bicyclic) bond motifs is 1. The molecule has 0 aromatic carbocycles. The molecule has 7 nitrogen and oxygen atoms in total. The van der Waals surface area contributed by atoms with Crippen LogP contribution in [0.2, 0.25) is 0 Å². The lowest BCUT2D eigenvalue weighted by atomic mass is 10.1. The maximum atomic E-state index is 11.9. The summed E-state index contributed by atoms with van der Waals surface area (Å²) in [7, 11) is 0. The highest BCUT2D eigenvalue weighted by Crippen LogP contribution is 2.20. The largest absolute Gasteiger partial charge is 0.329 e. The summed E-state index contributed by atoms with van der Waals surface area (Å²) in [5.41, 5.74) is 1.74. The molecule has 1 fully saturated rings. The number of carbonyl (C=O) groups excluding carboxylic acids is 3. The van der Waals surface area contributed by atoms with Crippen molar-refractivity contribution in [1.29, 1.82) is 0 Å². The van der Waals surface area contributed by atoms with Gasteiger partial charge in [-0.3, -0.25) is 19.4 Å². The number of anilines is 1. The van der Waals surface area contributed by atoms with Crippen molar-refractivity contribution in [3.8, 4) is 0 Å². The minimum atomic E-state index is -0.432. The molecule has 1 aliphatic heterocycles. The zero-order chi connectivity index (χ0) is 15.7. The molecular weight excluding hydrogens is 284 g/mol. The van der Waals surface area contributed by atoms with E-state index >= 15 is 0 Å². The molecule has 0 spiro atoms. The normalized spacial score (nSPS) is 15.2. The van der Waals surface area contributed by atoms with E-state index in [0.717, 1.165) is 5.56 Å². The van der Waals surface area contributed by atoms with Crippen LogP contribution in [0.25, 0.3) is 5.65 Å². The number of nitrogens with one attached hydrogen (secondary N) is 1. The standard InChI is InChI=1S/C15H16N4O3/c1-10(20)2-3-11-4-6-18-12(8-11)16-9-14(18)19-7-5-13(21)17-15(19)22/h4,6,8-9H,2-3,5,7H2,1H3,(H,17,21,22). The number of aryl methyl sites for hydroxylation is 1. The van der Waals surface area contributed by atoms with Crippen molar-refractivity contribution in [1.82, 2.24) is 14.7 Å². The molecule has 0 aliphatic carbocycles. The molecule has 7 heteroatoms. The minimum Gasteiger partial charge on any atom is -0.300 e. The first-order valence-electron chi connectivity index (χ1n) is 7.11. The van der Waals surface area contributed by atoms with Crippen molar-refractivity contribution in [3.63, 3.8) is 0 Å². The lowest BCUT2D eigenvalue weighted by Crippen LogP contribution is -2.50. The summed E-state index contributed by atoms with van der Waals surface area (Å²) in [6.45, 7) is 1.91. The summed E-state index contributed by atoms with van der Waals surface area (Å²) in [4.78, 5) is 40.0. The van der Waals surface area contributed by atoms with E-state index in [-0.39, 0.29) is 18.1 Å². The predicted octanol–water partition coefficient (Wildman–Crippen LogP) is 1.30. The highest BCUT2D eigenvalue weighted by Gasteiger charge is 2.26. The van der Waals surface area contributed by atoms with Crippen LogP contribution >= 0.6 is 0 Å². The number of carbonyl (C=O) groups is 3. The zero-order valence-corrected chi connectivity index (χ0v) is 12.2. The Morgan fingerprint density at radius 2 is 2.23 bits per heavy atom. The van der Waals surface area contributed by atoms with Crippen molar-refractivity contribution < 1.29 is 14.4 Å². The number of ketones is 1. The van der Waals surface area contributed by atoms with Crippen LogP contribution in [0, 0.1) is 0 Å². The fraction of sp³-hybridized carbons (Fsp3) is 0.333. The number of imidazole rings is 1. The van der Waals surface area contributed by atoms with Gasteiger partial charge >= 0.3 is 6.03 Å². The molecule has 1 aliphatic rings. The van der Waals surface area contributed by atoms with Crippen LogP contribution in [0.5, 0.6) is 0 Å². The number of hydrogen-bond acceptors (Lipinski definition) is 4. The summed E-state index contributed by atoms with van der Waals surface area (Å²) in [5.74, 6) is 0.512. The SMILES string of the molecule is CC(=O)CCc1ccn2c(N3CCC(=O)NC3=O)cnc2c1. The molecule has 0 saturated carbocycles. The fourth-order valence-corrected chi connectivity index (χ4v) is 2.47. The number of aromatic nitrogens is 2. The van der Waals surface area contributed by atoms with Crippen LogP contribution < -0.4 is 10.2 Å². The first kappa shape index (κ1) is 14.2. The van der Waals surface area contributed by atoms with Gasteiger partial charge in [-0.2, -0.15) is 0 Å². The topological polar surface area (TPSA) is 83.8 Å². The Hall–Kier alpha value is -2.70. The summed E-state index contributed by atoms with van der Waals surface area (Å²) >= 11 is 0. The van der Waals surface area contributed by atoms with Crippen molar-refractivity contribution >= 4 is 29.2 Å². The Balaban J connectivity index is 1.87. The highest BCUT2D eigenvalue weighted by atomic mass is 16.2. The van der Waals surface area contributed by atoms with Gasteiger partial charge in [-0.05, 0) is 31.0 Å². The Kier molecular flexibility index (Phi) is 3.62. The van der Waals surface area contributed by atoms with Crippen LogP contribution in [0.1, 0.15) is 25.3 Å². The van der Waals surface area contributed by atoms with Crippen LogP contribution in [-0.2, 0) is 16.0 Å². The van der Waals surface area contributed by atoms with E-state index in [2.05, 4.69) is 10.3 Å². The molecule has 1 N–H and O–H groups in total.